The standard InChI is InChI=1S/C21H23N5O2S2/c1-15-4-2-5-16(12-15)23-18(27)13-29-14-19(28)25-8-10-26(11-9-25)21-24-17-6-3-7-22-20(17)30-21/h2-7,12H,8-11,13-14H2,1H3,(H,23,27). The van der Waals surface area contributed by atoms with Crippen molar-refractivity contribution in [3.8, 4) is 0 Å². The average molecular weight is 442 g/mol. The predicted octanol–water partition coefficient (Wildman–Crippen LogP) is 3.02. The van der Waals surface area contributed by atoms with Gasteiger partial charge >= 0.3 is 0 Å². The van der Waals surface area contributed by atoms with Crippen LogP contribution in [0.15, 0.2) is 42.6 Å². The van der Waals surface area contributed by atoms with E-state index in [2.05, 4.69) is 20.2 Å². The molecule has 3 aromatic rings. The lowest BCUT2D eigenvalue weighted by molar-refractivity contribution is -0.128. The van der Waals surface area contributed by atoms with Gasteiger partial charge in [0.1, 0.15) is 10.3 Å². The van der Waals surface area contributed by atoms with Gasteiger partial charge in [-0.2, -0.15) is 0 Å². The molecule has 0 bridgehead atoms. The third kappa shape index (κ3) is 5.09. The Labute approximate surface area is 183 Å². The molecule has 156 valence electrons. The van der Waals surface area contributed by atoms with Crippen LogP contribution in [-0.2, 0) is 9.59 Å². The maximum absolute atomic E-state index is 12.5. The van der Waals surface area contributed by atoms with Gasteiger partial charge in [0.2, 0.25) is 11.8 Å². The zero-order chi connectivity index (χ0) is 20.9. The van der Waals surface area contributed by atoms with Crippen LogP contribution in [-0.4, -0.2) is 64.4 Å². The molecule has 0 aliphatic carbocycles. The van der Waals surface area contributed by atoms with E-state index in [9.17, 15) is 9.59 Å². The number of pyridine rings is 1. The van der Waals surface area contributed by atoms with E-state index in [4.69, 9.17) is 0 Å². The average Bonchev–Trinajstić information content (AvgIpc) is 3.18. The van der Waals surface area contributed by atoms with Crippen LogP contribution < -0.4 is 10.2 Å². The molecule has 2 amide bonds. The first-order valence-electron chi connectivity index (χ1n) is 9.77. The Morgan fingerprint density at radius 2 is 1.97 bits per heavy atom. The van der Waals surface area contributed by atoms with Gasteiger partial charge in [-0.3, -0.25) is 9.59 Å². The minimum atomic E-state index is -0.0901. The Balaban J connectivity index is 1.20. The van der Waals surface area contributed by atoms with E-state index >= 15 is 0 Å². The van der Waals surface area contributed by atoms with Crippen LogP contribution in [0, 0.1) is 6.92 Å². The van der Waals surface area contributed by atoms with Gasteiger partial charge in [-0.05, 0) is 36.8 Å². The fourth-order valence-electron chi connectivity index (χ4n) is 3.28. The highest BCUT2D eigenvalue weighted by Gasteiger charge is 2.23. The van der Waals surface area contributed by atoms with Gasteiger partial charge in [0.25, 0.3) is 0 Å². The molecule has 0 saturated carbocycles. The summed E-state index contributed by atoms with van der Waals surface area (Å²) in [6, 6.07) is 11.5. The smallest absolute Gasteiger partial charge is 0.234 e. The zero-order valence-electron chi connectivity index (χ0n) is 16.7. The van der Waals surface area contributed by atoms with Crippen LogP contribution in [0.5, 0.6) is 0 Å². The number of benzene rings is 1. The van der Waals surface area contributed by atoms with Crippen molar-refractivity contribution in [3.05, 3.63) is 48.2 Å². The number of carbonyl (C=O) groups is 2. The summed E-state index contributed by atoms with van der Waals surface area (Å²) < 4.78 is 0. The molecule has 2 aromatic heterocycles. The van der Waals surface area contributed by atoms with Crippen molar-refractivity contribution >= 4 is 56.1 Å². The number of rotatable bonds is 6. The second-order valence-corrected chi connectivity index (χ2v) is 9.04. The van der Waals surface area contributed by atoms with Crippen molar-refractivity contribution in [2.75, 3.05) is 47.9 Å². The second-order valence-electron chi connectivity index (χ2n) is 7.10. The predicted molar refractivity (Wildman–Crippen MR) is 123 cm³/mol. The third-order valence-corrected chi connectivity index (χ3v) is 6.78. The first-order valence-corrected chi connectivity index (χ1v) is 11.7. The van der Waals surface area contributed by atoms with Gasteiger partial charge in [-0.1, -0.05) is 23.5 Å². The minimum absolute atomic E-state index is 0.0778. The van der Waals surface area contributed by atoms with Gasteiger partial charge < -0.3 is 15.1 Å². The van der Waals surface area contributed by atoms with Crippen LogP contribution in [0.3, 0.4) is 0 Å². The van der Waals surface area contributed by atoms with Crippen molar-refractivity contribution < 1.29 is 9.59 Å². The van der Waals surface area contributed by atoms with E-state index in [-0.39, 0.29) is 17.6 Å². The molecule has 0 radical (unpaired) electrons. The molecule has 1 aromatic carbocycles. The van der Waals surface area contributed by atoms with Gasteiger partial charge in [-0.25, -0.2) is 9.97 Å². The monoisotopic (exact) mass is 441 g/mol. The summed E-state index contributed by atoms with van der Waals surface area (Å²) in [5.41, 5.74) is 2.79. The molecule has 9 heteroatoms. The molecule has 0 spiro atoms. The van der Waals surface area contributed by atoms with Crippen molar-refractivity contribution in [2.24, 2.45) is 0 Å². The molecule has 7 nitrogen and oxygen atoms in total. The van der Waals surface area contributed by atoms with E-state index < -0.39 is 0 Å². The number of anilines is 2. The van der Waals surface area contributed by atoms with Crippen molar-refractivity contribution in [1.29, 1.82) is 0 Å². The number of nitrogens with zero attached hydrogens (tertiary/aromatic N) is 4. The molecule has 0 atom stereocenters. The van der Waals surface area contributed by atoms with Gasteiger partial charge in [0.05, 0.1) is 11.5 Å². The van der Waals surface area contributed by atoms with Crippen LogP contribution in [0.25, 0.3) is 10.3 Å². The summed E-state index contributed by atoms with van der Waals surface area (Å²) in [6.45, 7) is 4.82. The van der Waals surface area contributed by atoms with Crippen LogP contribution >= 0.6 is 23.1 Å². The largest absolute Gasteiger partial charge is 0.344 e. The van der Waals surface area contributed by atoms with Crippen molar-refractivity contribution in [1.82, 2.24) is 14.9 Å². The quantitative estimate of drug-likeness (QED) is 0.634. The molecule has 30 heavy (non-hydrogen) atoms. The fourth-order valence-corrected chi connectivity index (χ4v) is 4.96. The van der Waals surface area contributed by atoms with E-state index in [1.165, 1.54) is 11.8 Å². The maximum Gasteiger partial charge on any atom is 0.234 e. The molecular weight excluding hydrogens is 418 g/mol. The number of hydrogen-bond donors (Lipinski definition) is 1. The number of piperazine rings is 1. The molecule has 0 unspecified atom stereocenters. The van der Waals surface area contributed by atoms with Gasteiger partial charge in [0.15, 0.2) is 5.13 Å². The first kappa shape index (κ1) is 20.6. The molecule has 1 fully saturated rings. The van der Waals surface area contributed by atoms with Crippen molar-refractivity contribution in [2.45, 2.75) is 6.92 Å². The number of aryl methyl sites for hydroxylation is 1. The number of aromatic nitrogens is 2. The Bertz CT molecular complexity index is 1010. The Kier molecular flexibility index (Phi) is 6.49. The number of amides is 2. The summed E-state index contributed by atoms with van der Waals surface area (Å²) in [6.07, 6.45) is 1.78. The number of carbonyl (C=O) groups excluding carboxylic acids is 2. The highest BCUT2D eigenvalue weighted by atomic mass is 32.2. The minimum Gasteiger partial charge on any atom is -0.344 e. The molecule has 1 aliphatic heterocycles. The SMILES string of the molecule is Cc1cccc(NC(=O)CSCC(=O)N2CCN(c3nc4cccnc4s3)CC2)c1. The lowest BCUT2D eigenvalue weighted by Crippen LogP contribution is -2.49. The van der Waals surface area contributed by atoms with Gasteiger partial charge in [0, 0.05) is 38.1 Å². The zero-order valence-corrected chi connectivity index (χ0v) is 18.3. The summed E-state index contributed by atoms with van der Waals surface area (Å²) in [4.78, 5) is 38.6. The van der Waals surface area contributed by atoms with Crippen LogP contribution in [0.2, 0.25) is 0 Å². The molecular formula is C21H23N5O2S2. The van der Waals surface area contributed by atoms with Crippen LogP contribution in [0.1, 0.15) is 5.56 Å². The lowest BCUT2D eigenvalue weighted by Gasteiger charge is -2.34. The van der Waals surface area contributed by atoms with E-state index in [1.54, 1.807) is 17.5 Å². The highest BCUT2D eigenvalue weighted by Crippen LogP contribution is 2.27. The molecule has 3 heterocycles. The first-order chi connectivity index (χ1) is 14.6. The summed E-state index contributed by atoms with van der Waals surface area (Å²) in [5.74, 6) is 0.562. The van der Waals surface area contributed by atoms with E-state index in [0.29, 0.717) is 18.8 Å². The number of hydrogen-bond acceptors (Lipinski definition) is 7. The normalized spacial score (nSPS) is 14.2. The maximum atomic E-state index is 12.5. The number of fused-ring (bicyclic) bond motifs is 1. The van der Waals surface area contributed by atoms with E-state index in [0.717, 1.165) is 39.8 Å². The number of thiazole rings is 1. The Hall–Kier alpha value is -2.65. The van der Waals surface area contributed by atoms with Crippen LogP contribution in [0.4, 0.5) is 10.8 Å². The Morgan fingerprint density at radius 3 is 2.73 bits per heavy atom. The lowest BCUT2D eigenvalue weighted by atomic mass is 10.2. The topological polar surface area (TPSA) is 78.4 Å². The fraction of sp³-hybridized carbons (Fsp3) is 0.333. The second kappa shape index (κ2) is 9.44. The molecule has 1 aliphatic rings. The number of thioether (sulfide) groups is 1. The summed E-state index contributed by atoms with van der Waals surface area (Å²) in [7, 11) is 0. The highest BCUT2D eigenvalue weighted by molar-refractivity contribution is 8.00. The van der Waals surface area contributed by atoms with E-state index in [1.807, 2.05) is 48.2 Å². The molecule has 1 saturated heterocycles. The molecule has 1 N–H and O–H groups in total. The van der Waals surface area contributed by atoms with Gasteiger partial charge in [-0.15, -0.1) is 11.8 Å². The summed E-state index contributed by atoms with van der Waals surface area (Å²) in [5, 5.41) is 3.83. The van der Waals surface area contributed by atoms with Crippen molar-refractivity contribution in [3.63, 3.8) is 0 Å². The number of nitrogens with one attached hydrogen (secondary N) is 1. The summed E-state index contributed by atoms with van der Waals surface area (Å²) >= 11 is 2.93. The Morgan fingerprint density at radius 1 is 1.13 bits per heavy atom. The third-order valence-electron chi connectivity index (χ3n) is 4.82. The molecule has 4 rings (SSSR count).